The van der Waals surface area contributed by atoms with E-state index in [4.69, 9.17) is 0 Å². The third-order valence-corrected chi connectivity index (χ3v) is 3.84. The largest absolute Gasteiger partial charge is 0.321 e. The first-order chi connectivity index (χ1) is 7.67. The highest BCUT2D eigenvalue weighted by Crippen LogP contribution is 2.23. The second-order valence-corrected chi connectivity index (χ2v) is 5.00. The van der Waals surface area contributed by atoms with Gasteiger partial charge in [0.2, 0.25) is 5.91 Å². The Morgan fingerprint density at radius 3 is 2.62 bits per heavy atom. The zero-order valence-corrected chi connectivity index (χ0v) is 10.6. The zero-order chi connectivity index (χ0) is 11.7. The number of nitrogens with zero attached hydrogens (tertiary/aromatic N) is 2. The van der Waals surface area contributed by atoms with Crippen LogP contribution in [0, 0.1) is 0 Å². The highest BCUT2D eigenvalue weighted by atomic mass is 16.2. The number of likely N-dealkylation sites (N-methyl/N-ethyl adjacent to an activating group) is 1. The second-order valence-electron chi connectivity index (χ2n) is 5.00. The molecule has 1 amide bonds. The Hall–Kier alpha value is -0.610. The molecule has 4 heteroatoms. The molecule has 0 radical (unpaired) electrons. The predicted octanol–water partition coefficient (Wildman–Crippen LogP) is 0.637. The monoisotopic (exact) mass is 225 g/mol. The summed E-state index contributed by atoms with van der Waals surface area (Å²) in [4.78, 5) is 16.7. The van der Waals surface area contributed by atoms with E-state index >= 15 is 0 Å². The summed E-state index contributed by atoms with van der Waals surface area (Å²) in [6.07, 6.45) is 3.28. The third-order valence-electron chi connectivity index (χ3n) is 3.84. The summed E-state index contributed by atoms with van der Waals surface area (Å²) in [5, 5.41) is 3.44. The van der Waals surface area contributed by atoms with Crippen molar-refractivity contribution in [2.45, 2.75) is 51.4 Å². The fourth-order valence-corrected chi connectivity index (χ4v) is 2.90. The average Bonchev–Trinajstić information content (AvgIpc) is 2.82. The van der Waals surface area contributed by atoms with E-state index in [1.807, 2.05) is 0 Å². The number of amides is 1. The van der Waals surface area contributed by atoms with Gasteiger partial charge in [-0.05, 0) is 32.9 Å². The molecular formula is C12H23N3O. The molecule has 0 aliphatic carbocycles. The first kappa shape index (κ1) is 11.9. The summed E-state index contributed by atoms with van der Waals surface area (Å²) >= 11 is 0. The number of hydrogen-bond acceptors (Lipinski definition) is 3. The van der Waals surface area contributed by atoms with E-state index in [2.05, 4.69) is 36.0 Å². The Labute approximate surface area is 98.0 Å². The lowest BCUT2D eigenvalue weighted by atomic mass is 10.2. The van der Waals surface area contributed by atoms with Crippen molar-refractivity contribution in [2.24, 2.45) is 0 Å². The molecule has 4 nitrogen and oxygen atoms in total. The van der Waals surface area contributed by atoms with E-state index in [0.717, 1.165) is 32.4 Å². The van der Waals surface area contributed by atoms with Gasteiger partial charge in [0, 0.05) is 12.6 Å². The van der Waals surface area contributed by atoms with Crippen molar-refractivity contribution in [1.29, 1.82) is 0 Å². The molecule has 0 aromatic rings. The molecule has 3 atom stereocenters. The van der Waals surface area contributed by atoms with Gasteiger partial charge in [-0.15, -0.1) is 0 Å². The van der Waals surface area contributed by atoms with Crippen molar-refractivity contribution in [2.75, 3.05) is 20.1 Å². The minimum absolute atomic E-state index is 0.0517. The van der Waals surface area contributed by atoms with Crippen LogP contribution in [0.25, 0.3) is 0 Å². The van der Waals surface area contributed by atoms with Crippen LogP contribution in [0.15, 0.2) is 0 Å². The topological polar surface area (TPSA) is 35.6 Å². The molecule has 0 aromatic carbocycles. The van der Waals surface area contributed by atoms with Crippen LogP contribution in [-0.4, -0.2) is 54.1 Å². The summed E-state index contributed by atoms with van der Waals surface area (Å²) < 4.78 is 0. The lowest BCUT2D eigenvalue weighted by Crippen LogP contribution is -2.45. The van der Waals surface area contributed by atoms with E-state index in [1.54, 1.807) is 0 Å². The van der Waals surface area contributed by atoms with Crippen molar-refractivity contribution in [1.82, 2.24) is 15.1 Å². The summed E-state index contributed by atoms with van der Waals surface area (Å²) in [6, 6.07) is 0.474. The molecule has 0 aromatic heterocycles. The molecule has 3 unspecified atom stereocenters. The van der Waals surface area contributed by atoms with Gasteiger partial charge in [-0.2, -0.15) is 0 Å². The molecule has 2 aliphatic rings. The summed E-state index contributed by atoms with van der Waals surface area (Å²) in [5.74, 6) is 0.314. The molecule has 2 fully saturated rings. The van der Waals surface area contributed by atoms with Crippen LogP contribution in [0.5, 0.6) is 0 Å². The molecule has 2 saturated heterocycles. The first-order valence-electron chi connectivity index (χ1n) is 6.44. The summed E-state index contributed by atoms with van der Waals surface area (Å²) in [5.41, 5.74) is 0. The highest BCUT2D eigenvalue weighted by Gasteiger charge is 2.42. The van der Waals surface area contributed by atoms with Crippen LogP contribution in [-0.2, 0) is 4.79 Å². The van der Waals surface area contributed by atoms with Gasteiger partial charge < -0.3 is 9.80 Å². The average molecular weight is 225 g/mol. The maximum atomic E-state index is 12.2. The van der Waals surface area contributed by atoms with E-state index in [-0.39, 0.29) is 12.2 Å². The fourth-order valence-electron chi connectivity index (χ4n) is 2.90. The maximum absolute atomic E-state index is 12.2. The standard InChI is InChI=1S/C12H23N3O/c1-4-10-12(16)15(11(5-2)13-10)9-6-7-14(3)8-9/h9-11,13H,4-8H2,1-3H3. The number of nitrogens with one attached hydrogen (secondary N) is 1. The Morgan fingerprint density at radius 2 is 2.12 bits per heavy atom. The highest BCUT2D eigenvalue weighted by molar-refractivity contribution is 5.84. The number of carbonyl (C=O) groups is 1. The maximum Gasteiger partial charge on any atom is 0.241 e. The van der Waals surface area contributed by atoms with Crippen molar-refractivity contribution >= 4 is 5.91 Å². The smallest absolute Gasteiger partial charge is 0.241 e. The van der Waals surface area contributed by atoms with Gasteiger partial charge >= 0.3 is 0 Å². The van der Waals surface area contributed by atoms with Crippen molar-refractivity contribution in [3.8, 4) is 0 Å². The normalized spacial score (nSPS) is 36.3. The third kappa shape index (κ3) is 1.96. The molecule has 2 aliphatic heterocycles. The number of hydrogen-bond donors (Lipinski definition) is 1. The van der Waals surface area contributed by atoms with Crippen molar-refractivity contribution in [3.63, 3.8) is 0 Å². The molecular weight excluding hydrogens is 202 g/mol. The quantitative estimate of drug-likeness (QED) is 0.765. The lowest BCUT2D eigenvalue weighted by Gasteiger charge is -2.29. The molecule has 0 spiro atoms. The summed E-state index contributed by atoms with van der Waals surface area (Å²) in [7, 11) is 2.13. The SMILES string of the molecule is CCC1NC(CC)N(C2CCN(C)C2)C1=O. The molecule has 1 N–H and O–H groups in total. The van der Waals surface area contributed by atoms with Gasteiger partial charge in [-0.3, -0.25) is 10.1 Å². The Kier molecular flexibility index (Phi) is 3.50. The van der Waals surface area contributed by atoms with Crippen LogP contribution >= 0.6 is 0 Å². The van der Waals surface area contributed by atoms with Crippen LogP contribution in [0.1, 0.15) is 33.1 Å². The van der Waals surface area contributed by atoms with E-state index in [1.165, 1.54) is 0 Å². The Balaban J connectivity index is 2.09. The Morgan fingerprint density at radius 1 is 1.38 bits per heavy atom. The van der Waals surface area contributed by atoms with Crippen molar-refractivity contribution in [3.05, 3.63) is 0 Å². The molecule has 16 heavy (non-hydrogen) atoms. The lowest BCUT2D eigenvalue weighted by molar-refractivity contribution is -0.132. The second kappa shape index (κ2) is 4.72. The molecule has 92 valence electrons. The predicted molar refractivity (Wildman–Crippen MR) is 64.0 cm³/mol. The van der Waals surface area contributed by atoms with Gasteiger partial charge in [0.15, 0.2) is 0 Å². The number of rotatable bonds is 3. The van der Waals surface area contributed by atoms with E-state index in [0.29, 0.717) is 11.9 Å². The van der Waals surface area contributed by atoms with Gasteiger partial charge in [-0.1, -0.05) is 13.8 Å². The van der Waals surface area contributed by atoms with Gasteiger partial charge in [0.25, 0.3) is 0 Å². The minimum Gasteiger partial charge on any atom is -0.321 e. The Bertz CT molecular complexity index is 269. The van der Waals surface area contributed by atoms with Crippen molar-refractivity contribution < 1.29 is 4.79 Å². The molecule has 0 saturated carbocycles. The van der Waals surface area contributed by atoms with Gasteiger partial charge in [0.1, 0.15) is 0 Å². The van der Waals surface area contributed by atoms with E-state index in [9.17, 15) is 4.79 Å². The van der Waals surface area contributed by atoms with Crippen LogP contribution in [0.2, 0.25) is 0 Å². The van der Waals surface area contributed by atoms with Crippen LogP contribution in [0.4, 0.5) is 0 Å². The molecule has 2 rings (SSSR count). The zero-order valence-electron chi connectivity index (χ0n) is 10.6. The molecule has 0 bridgehead atoms. The fraction of sp³-hybridized carbons (Fsp3) is 0.917. The molecule has 2 heterocycles. The van der Waals surface area contributed by atoms with E-state index < -0.39 is 0 Å². The van der Waals surface area contributed by atoms with Crippen LogP contribution < -0.4 is 5.32 Å². The van der Waals surface area contributed by atoms with Crippen LogP contribution in [0.3, 0.4) is 0 Å². The first-order valence-corrected chi connectivity index (χ1v) is 6.44. The minimum atomic E-state index is 0.0517. The number of carbonyl (C=O) groups excluding carboxylic acids is 1. The van der Waals surface area contributed by atoms with Gasteiger partial charge in [0.05, 0.1) is 12.2 Å². The summed E-state index contributed by atoms with van der Waals surface area (Å²) in [6.45, 7) is 6.36. The number of likely N-dealkylation sites (tertiary alicyclic amines) is 1. The van der Waals surface area contributed by atoms with Gasteiger partial charge in [-0.25, -0.2) is 0 Å².